The molecule has 1 N–H and O–H groups in total. The molecule has 2 aromatic carbocycles. The molecule has 1 aliphatic heterocycles. The number of hydrogen-bond donors (Lipinski definition) is 1. The van der Waals surface area contributed by atoms with E-state index in [1.54, 1.807) is 0 Å². The third-order valence-corrected chi connectivity index (χ3v) is 6.67. The van der Waals surface area contributed by atoms with Crippen LogP contribution in [0, 0.1) is 6.92 Å². The van der Waals surface area contributed by atoms with Gasteiger partial charge in [-0.15, -0.1) is 11.3 Å². The topological polar surface area (TPSA) is 54.5 Å². The molecule has 0 spiro atoms. The lowest BCUT2D eigenvalue weighted by Crippen LogP contribution is -2.26. The first-order valence-electron chi connectivity index (χ1n) is 11.0. The Labute approximate surface area is 188 Å². The normalized spacial score (nSPS) is 14.0. The number of aromatic nitrogens is 1. The highest BCUT2D eigenvalue weighted by molar-refractivity contribution is 7.17. The minimum Gasteiger partial charge on any atom is -0.457 e. The van der Waals surface area contributed by atoms with Crippen LogP contribution in [0.15, 0.2) is 54.6 Å². The zero-order valence-electron chi connectivity index (χ0n) is 18.0. The maximum absolute atomic E-state index is 12.7. The van der Waals surface area contributed by atoms with Gasteiger partial charge in [0.15, 0.2) is 0 Å². The van der Waals surface area contributed by atoms with Crippen molar-refractivity contribution in [3.63, 3.8) is 0 Å². The predicted octanol–water partition coefficient (Wildman–Crippen LogP) is 5.52. The summed E-state index contributed by atoms with van der Waals surface area (Å²) in [5.74, 6) is 1.47. The van der Waals surface area contributed by atoms with Crippen molar-refractivity contribution in [3.05, 3.63) is 65.2 Å². The van der Waals surface area contributed by atoms with E-state index in [0.29, 0.717) is 11.4 Å². The monoisotopic (exact) mass is 435 g/mol. The van der Waals surface area contributed by atoms with E-state index in [0.717, 1.165) is 47.2 Å². The molecule has 1 saturated heterocycles. The number of thiazole rings is 1. The fraction of sp³-hybridized carbons (Fsp3) is 0.360. The summed E-state index contributed by atoms with van der Waals surface area (Å²) in [6.45, 7) is 6.18. The molecule has 162 valence electrons. The summed E-state index contributed by atoms with van der Waals surface area (Å²) in [5, 5.41) is 3.86. The first kappa shape index (κ1) is 21.5. The number of rotatable bonds is 9. The first-order valence-corrected chi connectivity index (χ1v) is 11.8. The van der Waals surface area contributed by atoms with Crippen molar-refractivity contribution in [1.29, 1.82) is 0 Å². The summed E-state index contributed by atoms with van der Waals surface area (Å²) in [5.41, 5.74) is 1.65. The van der Waals surface area contributed by atoms with Crippen molar-refractivity contribution >= 4 is 17.2 Å². The summed E-state index contributed by atoms with van der Waals surface area (Å²) in [4.78, 5) is 20.6. The van der Waals surface area contributed by atoms with Gasteiger partial charge in [0.05, 0.1) is 11.3 Å². The van der Waals surface area contributed by atoms with Crippen molar-refractivity contribution in [1.82, 2.24) is 15.2 Å². The van der Waals surface area contributed by atoms with E-state index in [9.17, 15) is 4.79 Å². The summed E-state index contributed by atoms with van der Waals surface area (Å²) in [6, 6.07) is 17.5. The van der Waals surface area contributed by atoms with Crippen LogP contribution in [0.2, 0.25) is 0 Å². The summed E-state index contributed by atoms with van der Waals surface area (Å²) in [7, 11) is 0. The maximum Gasteiger partial charge on any atom is 0.263 e. The van der Waals surface area contributed by atoms with E-state index >= 15 is 0 Å². The fourth-order valence-electron chi connectivity index (χ4n) is 3.82. The molecule has 2 heterocycles. The molecule has 0 unspecified atom stereocenters. The molecule has 0 bridgehead atoms. The molecular formula is C25H29N3O2S. The Morgan fingerprint density at radius 2 is 1.81 bits per heavy atom. The van der Waals surface area contributed by atoms with Crippen molar-refractivity contribution in [2.24, 2.45) is 0 Å². The SMILES string of the molecule is Cc1nc(-c2ccccc2Oc2ccccc2)sc1C(=O)NCCCCN1CCCC1. The van der Waals surface area contributed by atoms with Crippen LogP contribution >= 0.6 is 11.3 Å². The second-order valence-corrected chi connectivity index (χ2v) is 8.86. The van der Waals surface area contributed by atoms with Gasteiger partial charge in [0.1, 0.15) is 21.4 Å². The molecule has 0 aliphatic carbocycles. The number of unbranched alkanes of at least 4 members (excludes halogenated alkanes) is 1. The number of likely N-dealkylation sites (tertiary alicyclic amines) is 1. The van der Waals surface area contributed by atoms with Gasteiger partial charge in [-0.1, -0.05) is 30.3 Å². The Morgan fingerprint density at radius 3 is 2.61 bits per heavy atom. The number of aryl methyl sites for hydroxylation is 1. The summed E-state index contributed by atoms with van der Waals surface area (Å²) in [6.07, 6.45) is 4.77. The minimum absolute atomic E-state index is 0.0381. The highest BCUT2D eigenvalue weighted by Crippen LogP contribution is 2.36. The second-order valence-electron chi connectivity index (χ2n) is 7.86. The standard InChI is InChI=1S/C25H29N3O2S/c1-19-23(24(29)26-15-7-8-16-28-17-9-10-18-28)31-25(27-19)21-13-5-6-14-22(21)30-20-11-3-2-4-12-20/h2-6,11-14H,7-10,15-18H2,1H3,(H,26,29). The molecule has 1 fully saturated rings. The Bertz CT molecular complexity index is 997. The van der Waals surface area contributed by atoms with Crippen LogP contribution < -0.4 is 10.1 Å². The molecule has 1 aliphatic rings. The lowest BCUT2D eigenvalue weighted by molar-refractivity contribution is 0.0956. The minimum atomic E-state index is -0.0381. The Morgan fingerprint density at radius 1 is 1.06 bits per heavy atom. The molecule has 6 heteroatoms. The molecule has 0 saturated carbocycles. The first-order chi connectivity index (χ1) is 15.2. The van der Waals surface area contributed by atoms with E-state index < -0.39 is 0 Å². The molecule has 1 aromatic heterocycles. The zero-order chi connectivity index (χ0) is 21.5. The van der Waals surface area contributed by atoms with Gasteiger partial charge < -0.3 is 15.0 Å². The van der Waals surface area contributed by atoms with E-state index in [1.807, 2.05) is 61.5 Å². The van der Waals surface area contributed by atoms with Gasteiger partial charge in [0.2, 0.25) is 0 Å². The van der Waals surface area contributed by atoms with Crippen LogP contribution in [-0.2, 0) is 0 Å². The third-order valence-electron chi connectivity index (χ3n) is 5.48. The third kappa shape index (κ3) is 5.71. The molecule has 3 aromatic rings. The van der Waals surface area contributed by atoms with Crippen LogP contribution in [-0.4, -0.2) is 42.0 Å². The largest absolute Gasteiger partial charge is 0.457 e. The highest BCUT2D eigenvalue weighted by atomic mass is 32.1. The van der Waals surface area contributed by atoms with Gasteiger partial charge >= 0.3 is 0 Å². The lowest BCUT2D eigenvalue weighted by atomic mass is 10.2. The van der Waals surface area contributed by atoms with E-state index in [2.05, 4.69) is 15.2 Å². The number of ether oxygens (including phenoxy) is 1. The number of nitrogens with zero attached hydrogens (tertiary/aromatic N) is 2. The van der Waals surface area contributed by atoms with E-state index in [-0.39, 0.29) is 5.91 Å². The Balaban J connectivity index is 1.37. The number of carbonyl (C=O) groups is 1. The van der Waals surface area contributed by atoms with Gasteiger partial charge in [-0.2, -0.15) is 0 Å². The molecule has 5 nitrogen and oxygen atoms in total. The number of para-hydroxylation sites is 2. The number of hydrogen-bond acceptors (Lipinski definition) is 5. The van der Waals surface area contributed by atoms with Gasteiger partial charge in [0.25, 0.3) is 5.91 Å². The van der Waals surface area contributed by atoms with Crippen molar-refractivity contribution in [3.8, 4) is 22.1 Å². The maximum atomic E-state index is 12.7. The average Bonchev–Trinajstić information content (AvgIpc) is 3.44. The smallest absolute Gasteiger partial charge is 0.263 e. The lowest BCUT2D eigenvalue weighted by Gasteiger charge is -2.13. The quantitative estimate of drug-likeness (QED) is 0.450. The van der Waals surface area contributed by atoms with Crippen molar-refractivity contribution in [2.75, 3.05) is 26.2 Å². The zero-order valence-corrected chi connectivity index (χ0v) is 18.8. The van der Waals surface area contributed by atoms with Crippen molar-refractivity contribution < 1.29 is 9.53 Å². The predicted molar refractivity (Wildman–Crippen MR) is 126 cm³/mol. The van der Waals surface area contributed by atoms with E-state index in [1.165, 1.54) is 37.3 Å². The number of carbonyl (C=O) groups excluding carboxylic acids is 1. The Hall–Kier alpha value is -2.70. The van der Waals surface area contributed by atoms with Gasteiger partial charge in [0, 0.05) is 6.54 Å². The number of amides is 1. The Kier molecular flexibility index (Phi) is 7.33. The molecule has 31 heavy (non-hydrogen) atoms. The number of nitrogens with one attached hydrogen (secondary N) is 1. The molecule has 0 atom stereocenters. The summed E-state index contributed by atoms with van der Waals surface area (Å²) < 4.78 is 6.07. The van der Waals surface area contributed by atoms with Gasteiger partial charge in [-0.3, -0.25) is 4.79 Å². The highest BCUT2D eigenvalue weighted by Gasteiger charge is 2.18. The second kappa shape index (κ2) is 10.6. The fourth-order valence-corrected chi connectivity index (χ4v) is 4.83. The van der Waals surface area contributed by atoms with E-state index in [4.69, 9.17) is 4.74 Å². The van der Waals surface area contributed by atoms with Gasteiger partial charge in [-0.25, -0.2) is 4.98 Å². The van der Waals surface area contributed by atoms with Crippen LogP contribution in [0.3, 0.4) is 0 Å². The number of benzene rings is 2. The van der Waals surface area contributed by atoms with Crippen LogP contribution in [0.1, 0.15) is 41.0 Å². The molecule has 0 radical (unpaired) electrons. The molecule has 1 amide bonds. The summed E-state index contributed by atoms with van der Waals surface area (Å²) >= 11 is 1.42. The van der Waals surface area contributed by atoms with Crippen molar-refractivity contribution in [2.45, 2.75) is 32.6 Å². The van der Waals surface area contributed by atoms with Crippen LogP contribution in [0.4, 0.5) is 0 Å². The molecule has 4 rings (SSSR count). The van der Waals surface area contributed by atoms with Crippen LogP contribution in [0.5, 0.6) is 11.5 Å². The average molecular weight is 436 g/mol. The van der Waals surface area contributed by atoms with Crippen LogP contribution in [0.25, 0.3) is 10.6 Å². The van der Waals surface area contributed by atoms with Gasteiger partial charge in [-0.05, 0) is 76.5 Å². The molecular weight excluding hydrogens is 406 g/mol.